The molecule has 118 valence electrons. The molecule has 1 atom stereocenters. The van der Waals surface area contributed by atoms with E-state index >= 15 is 0 Å². The van der Waals surface area contributed by atoms with Crippen LogP contribution in [0.3, 0.4) is 0 Å². The molecule has 2 aromatic rings. The van der Waals surface area contributed by atoms with Crippen LogP contribution in [0.5, 0.6) is 5.75 Å². The maximum Gasteiger partial charge on any atom is 0.188 e. The van der Waals surface area contributed by atoms with Crippen LogP contribution < -0.4 is 4.74 Å². The van der Waals surface area contributed by atoms with Crippen LogP contribution >= 0.6 is 0 Å². The Morgan fingerprint density at radius 3 is 2.87 bits per heavy atom. The van der Waals surface area contributed by atoms with Crippen molar-refractivity contribution in [3.8, 4) is 5.75 Å². The molecule has 0 radical (unpaired) electrons. The van der Waals surface area contributed by atoms with Crippen molar-refractivity contribution in [2.45, 2.75) is 25.2 Å². The number of aromatic nitrogens is 1. The molecule has 1 aliphatic carbocycles. The van der Waals surface area contributed by atoms with Gasteiger partial charge in [0.05, 0.1) is 7.11 Å². The SMILES string of the molecule is COc1ccc2c(c1)C1=C(CC2)C(c2cccn2C)CC(=N)O1. The number of nitrogens with one attached hydrogen (secondary N) is 1. The molecular formula is C19H20N2O2. The molecule has 2 aliphatic rings. The molecule has 2 heterocycles. The highest BCUT2D eigenvalue weighted by atomic mass is 16.5. The molecule has 1 unspecified atom stereocenters. The predicted molar refractivity (Wildman–Crippen MR) is 89.8 cm³/mol. The van der Waals surface area contributed by atoms with Crippen LogP contribution in [0.4, 0.5) is 0 Å². The van der Waals surface area contributed by atoms with Crippen LogP contribution in [0.1, 0.15) is 35.6 Å². The molecule has 0 fully saturated rings. The van der Waals surface area contributed by atoms with Gasteiger partial charge in [-0.1, -0.05) is 6.07 Å². The summed E-state index contributed by atoms with van der Waals surface area (Å²) in [6, 6.07) is 10.3. The molecule has 1 N–H and O–H groups in total. The fraction of sp³-hybridized carbons (Fsp3) is 0.316. The van der Waals surface area contributed by atoms with Gasteiger partial charge in [-0.05, 0) is 48.2 Å². The predicted octanol–water partition coefficient (Wildman–Crippen LogP) is 3.87. The molecule has 0 saturated carbocycles. The fourth-order valence-corrected chi connectivity index (χ4v) is 3.71. The van der Waals surface area contributed by atoms with Crippen molar-refractivity contribution in [3.05, 3.63) is 58.9 Å². The minimum absolute atomic E-state index is 0.227. The van der Waals surface area contributed by atoms with E-state index in [1.165, 1.54) is 16.8 Å². The number of benzene rings is 1. The molecule has 4 rings (SSSR count). The van der Waals surface area contributed by atoms with Gasteiger partial charge in [0, 0.05) is 36.8 Å². The maximum atomic E-state index is 8.16. The Morgan fingerprint density at radius 1 is 1.26 bits per heavy atom. The van der Waals surface area contributed by atoms with Gasteiger partial charge in [0.2, 0.25) is 0 Å². The summed E-state index contributed by atoms with van der Waals surface area (Å²) in [4.78, 5) is 0. The summed E-state index contributed by atoms with van der Waals surface area (Å²) in [5, 5.41) is 8.16. The number of fused-ring (bicyclic) bond motifs is 2. The van der Waals surface area contributed by atoms with Crippen molar-refractivity contribution in [1.82, 2.24) is 4.57 Å². The van der Waals surface area contributed by atoms with E-state index in [0.717, 1.165) is 29.9 Å². The molecular weight excluding hydrogens is 288 g/mol. The molecule has 1 aliphatic heterocycles. The standard InChI is InChI=1S/C19H20N2O2/c1-21-9-3-4-17(21)16-11-18(20)23-19-14(16)8-6-12-5-7-13(22-2)10-15(12)19/h3-5,7,9-10,16,20H,6,8,11H2,1-2H3. The van der Waals surface area contributed by atoms with E-state index < -0.39 is 0 Å². The molecule has 0 amide bonds. The van der Waals surface area contributed by atoms with Gasteiger partial charge in [0.15, 0.2) is 5.90 Å². The number of rotatable bonds is 2. The third kappa shape index (κ3) is 2.25. The second-order valence-corrected chi connectivity index (χ2v) is 6.20. The zero-order chi connectivity index (χ0) is 16.0. The van der Waals surface area contributed by atoms with Crippen molar-refractivity contribution in [2.75, 3.05) is 7.11 Å². The van der Waals surface area contributed by atoms with Gasteiger partial charge >= 0.3 is 0 Å². The highest BCUT2D eigenvalue weighted by Crippen LogP contribution is 2.45. The van der Waals surface area contributed by atoms with E-state index in [9.17, 15) is 0 Å². The van der Waals surface area contributed by atoms with Gasteiger partial charge < -0.3 is 14.0 Å². The summed E-state index contributed by atoms with van der Waals surface area (Å²) >= 11 is 0. The number of hydrogen-bond donors (Lipinski definition) is 1. The van der Waals surface area contributed by atoms with Crippen molar-refractivity contribution in [2.24, 2.45) is 7.05 Å². The van der Waals surface area contributed by atoms with Crippen LogP contribution in [0.15, 0.2) is 42.1 Å². The summed E-state index contributed by atoms with van der Waals surface area (Å²) in [5.41, 5.74) is 4.90. The van der Waals surface area contributed by atoms with E-state index in [2.05, 4.69) is 36.0 Å². The minimum atomic E-state index is 0.227. The quantitative estimate of drug-likeness (QED) is 0.915. The number of nitrogens with zero attached hydrogens (tertiary/aromatic N) is 1. The molecule has 23 heavy (non-hydrogen) atoms. The number of aryl methyl sites for hydroxylation is 2. The summed E-state index contributed by atoms with van der Waals surface area (Å²) < 4.78 is 13.4. The zero-order valence-corrected chi connectivity index (χ0v) is 13.4. The van der Waals surface area contributed by atoms with Gasteiger partial charge in [-0.3, -0.25) is 5.41 Å². The number of allylic oxidation sites excluding steroid dienone is 1. The molecule has 0 saturated heterocycles. The molecule has 1 aromatic carbocycles. The first-order valence-electron chi connectivity index (χ1n) is 7.94. The van der Waals surface area contributed by atoms with Gasteiger partial charge in [-0.15, -0.1) is 0 Å². The Kier molecular flexibility index (Phi) is 3.26. The first-order chi connectivity index (χ1) is 11.2. The second-order valence-electron chi connectivity index (χ2n) is 6.20. The third-order valence-electron chi connectivity index (χ3n) is 4.89. The lowest BCUT2D eigenvalue weighted by molar-refractivity contribution is 0.411. The Hall–Kier alpha value is -2.49. The lowest BCUT2D eigenvalue weighted by Gasteiger charge is -2.33. The number of methoxy groups -OCH3 is 1. The van der Waals surface area contributed by atoms with Crippen LogP contribution in [-0.4, -0.2) is 17.6 Å². The molecule has 4 nitrogen and oxygen atoms in total. The number of ether oxygens (including phenoxy) is 2. The van der Waals surface area contributed by atoms with Crippen LogP contribution in [0.25, 0.3) is 5.76 Å². The minimum Gasteiger partial charge on any atom is -0.497 e. The van der Waals surface area contributed by atoms with Gasteiger partial charge in [0.25, 0.3) is 0 Å². The van der Waals surface area contributed by atoms with Crippen molar-refractivity contribution in [1.29, 1.82) is 5.41 Å². The summed E-state index contributed by atoms with van der Waals surface area (Å²) in [6.07, 6.45) is 4.69. The van der Waals surface area contributed by atoms with Gasteiger partial charge in [-0.2, -0.15) is 0 Å². The highest BCUT2D eigenvalue weighted by molar-refractivity contribution is 5.87. The first-order valence-corrected chi connectivity index (χ1v) is 7.94. The summed E-state index contributed by atoms with van der Waals surface area (Å²) in [7, 11) is 3.74. The zero-order valence-electron chi connectivity index (χ0n) is 13.4. The third-order valence-corrected chi connectivity index (χ3v) is 4.89. The van der Waals surface area contributed by atoms with E-state index in [0.29, 0.717) is 12.3 Å². The number of hydrogen-bond acceptors (Lipinski definition) is 3. The molecule has 0 bridgehead atoms. The van der Waals surface area contributed by atoms with Crippen LogP contribution in [0.2, 0.25) is 0 Å². The monoisotopic (exact) mass is 308 g/mol. The first kappa shape index (κ1) is 14.1. The van der Waals surface area contributed by atoms with Crippen molar-refractivity contribution in [3.63, 3.8) is 0 Å². The average molecular weight is 308 g/mol. The van der Waals surface area contributed by atoms with E-state index in [1.807, 2.05) is 12.1 Å². The lowest BCUT2D eigenvalue weighted by atomic mass is 9.80. The van der Waals surface area contributed by atoms with Crippen LogP contribution in [0, 0.1) is 5.41 Å². The topological polar surface area (TPSA) is 47.2 Å². The largest absolute Gasteiger partial charge is 0.497 e. The Balaban J connectivity index is 1.87. The second kappa shape index (κ2) is 5.30. The smallest absolute Gasteiger partial charge is 0.188 e. The lowest BCUT2D eigenvalue weighted by Crippen LogP contribution is -2.24. The van der Waals surface area contributed by atoms with Crippen molar-refractivity contribution >= 4 is 11.7 Å². The maximum absolute atomic E-state index is 8.16. The molecule has 0 spiro atoms. The van der Waals surface area contributed by atoms with E-state index in [-0.39, 0.29) is 5.92 Å². The normalized spacial score (nSPS) is 19.9. The fourth-order valence-electron chi connectivity index (χ4n) is 3.71. The Bertz CT molecular complexity index is 817. The summed E-state index contributed by atoms with van der Waals surface area (Å²) in [5.74, 6) is 2.26. The highest BCUT2D eigenvalue weighted by Gasteiger charge is 2.34. The average Bonchev–Trinajstić information content (AvgIpc) is 2.99. The Labute approximate surface area is 135 Å². The molecule has 1 aromatic heterocycles. The van der Waals surface area contributed by atoms with Crippen LogP contribution in [-0.2, 0) is 18.2 Å². The van der Waals surface area contributed by atoms with E-state index in [1.54, 1.807) is 7.11 Å². The molecule has 4 heteroatoms. The van der Waals surface area contributed by atoms with E-state index in [4.69, 9.17) is 14.9 Å². The van der Waals surface area contributed by atoms with Gasteiger partial charge in [-0.25, -0.2) is 0 Å². The van der Waals surface area contributed by atoms with Gasteiger partial charge in [0.1, 0.15) is 11.5 Å². The Morgan fingerprint density at radius 2 is 2.13 bits per heavy atom. The van der Waals surface area contributed by atoms with Crippen molar-refractivity contribution < 1.29 is 9.47 Å². The summed E-state index contributed by atoms with van der Waals surface area (Å²) in [6.45, 7) is 0.